The Hall–Kier alpha value is -4.89. The third-order valence-corrected chi connectivity index (χ3v) is 9.58. The van der Waals surface area contributed by atoms with Crippen LogP contribution in [0.25, 0.3) is 43.7 Å². The third-order valence-electron chi connectivity index (χ3n) is 8.22. The largest absolute Gasteiger partial charge is 1.20 e. The summed E-state index contributed by atoms with van der Waals surface area (Å²) in [7, 11) is 0. The van der Waals surface area contributed by atoms with E-state index in [1.807, 2.05) is 74.5 Å². The fourth-order valence-corrected chi connectivity index (χ4v) is 6.96. The van der Waals surface area contributed by atoms with Crippen LogP contribution in [0.1, 0.15) is 37.7 Å². The van der Waals surface area contributed by atoms with E-state index in [0.717, 1.165) is 44.0 Å². The summed E-state index contributed by atoms with van der Waals surface area (Å²) in [6, 6.07) is 41.4. The molecule has 226 valence electrons. The molecule has 0 fully saturated rings. The number of benzene rings is 5. The van der Waals surface area contributed by atoms with E-state index in [1.54, 1.807) is 0 Å². The first-order valence-corrected chi connectivity index (χ1v) is 17.0. The lowest BCUT2D eigenvalue weighted by Gasteiger charge is -2.19. The Balaban J connectivity index is 1.22. The molecule has 7 aromatic rings. The van der Waals surface area contributed by atoms with E-state index in [9.17, 15) is 0 Å². The summed E-state index contributed by atoms with van der Waals surface area (Å²) >= 11 is -2.90. The molecule has 0 saturated heterocycles. The molecule has 2 heterocycles. The molecule has 0 radical (unpaired) electrons. The Bertz CT molecular complexity index is 2120. The molecule has 0 spiro atoms. The minimum absolute atomic E-state index is 0.124. The van der Waals surface area contributed by atoms with Crippen LogP contribution in [0.15, 0.2) is 121 Å². The summed E-state index contributed by atoms with van der Waals surface area (Å²) in [6.45, 7) is 10.7. The van der Waals surface area contributed by atoms with Crippen LogP contribution in [0, 0.1) is 13.8 Å². The van der Waals surface area contributed by atoms with Gasteiger partial charge in [0.25, 0.3) is 0 Å². The zero-order chi connectivity index (χ0) is 31.8. The molecule has 0 aliphatic rings. The first kappa shape index (κ1) is 29.8. The molecule has 46 heavy (non-hydrogen) atoms. The normalized spacial score (nSPS) is 11.6. The van der Waals surface area contributed by atoms with Crippen LogP contribution >= 0.6 is 0 Å². The van der Waals surface area contributed by atoms with Crippen molar-refractivity contribution in [2.24, 2.45) is 0 Å². The first-order valence-electron chi connectivity index (χ1n) is 15.6. The molecule has 0 saturated carbocycles. The summed E-state index contributed by atoms with van der Waals surface area (Å²) in [5.74, 6) is 1.94. The lowest BCUT2D eigenvalue weighted by atomic mass is 9.86. The van der Waals surface area contributed by atoms with Gasteiger partial charge in [0.15, 0.2) is 0 Å². The molecule has 0 N–H and O–H groups in total. The molecule has 0 unspecified atom stereocenters. The highest BCUT2D eigenvalue weighted by atomic mass is 27.3. The highest BCUT2D eigenvalue weighted by Gasteiger charge is 2.45. The van der Waals surface area contributed by atoms with Gasteiger partial charge >= 0.3 is 15.1 Å². The quantitative estimate of drug-likeness (QED) is 0.166. The van der Waals surface area contributed by atoms with E-state index in [1.165, 1.54) is 16.7 Å². The molecule has 0 aliphatic heterocycles. The molecule has 0 bridgehead atoms. The fourth-order valence-electron chi connectivity index (χ4n) is 5.66. The second kappa shape index (κ2) is 12.1. The van der Waals surface area contributed by atoms with Gasteiger partial charge in [-0.2, -0.15) is 0 Å². The minimum atomic E-state index is -2.90. The van der Waals surface area contributed by atoms with Crippen molar-refractivity contribution in [3.63, 3.8) is 0 Å². The van der Waals surface area contributed by atoms with E-state index >= 15 is 0 Å². The van der Waals surface area contributed by atoms with Gasteiger partial charge in [0, 0.05) is 22.2 Å². The van der Waals surface area contributed by atoms with Gasteiger partial charge in [-0.05, 0) is 89.2 Å². The third kappa shape index (κ3) is 6.28. The zero-order valence-electron chi connectivity index (χ0n) is 26.7. The molecule has 0 atom stereocenters. The number of hydrogen-bond donors (Lipinski definition) is 0. The van der Waals surface area contributed by atoms with Crippen molar-refractivity contribution in [2.75, 3.05) is 0 Å². The molecule has 6 heteroatoms. The maximum atomic E-state index is 6.60. The number of aromatic nitrogens is 2. The number of nitrogens with zero attached hydrogens (tertiary/aromatic N) is 2. The van der Waals surface area contributed by atoms with Gasteiger partial charge in [-0.15, -0.1) is 0 Å². The van der Waals surface area contributed by atoms with Gasteiger partial charge < -0.3 is 11.4 Å². The van der Waals surface area contributed by atoms with Crippen LogP contribution in [0.5, 0.6) is 17.2 Å². The maximum absolute atomic E-state index is 6.60. The van der Waals surface area contributed by atoms with Crippen LogP contribution in [-0.4, -0.2) is 25.1 Å². The van der Waals surface area contributed by atoms with E-state index < -0.39 is 15.1 Å². The highest BCUT2D eigenvalue weighted by molar-refractivity contribution is 6.40. The number of hydrogen-bond acceptors (Lipinski definition) is 5. The van der Waals surface area contributed by atoms with Gasteiger partial charge in [0.05, 0.1) is 5.75 Å². The van der Waals surface area contributed by atoms with Gasteiger partial charge in [0.1, 0.15) is 22.5 Å². The molecule has 5 aromatic carbocycles. The number of pyridine rings is 2. The highest BCUT2D eigenvalue weighted by Crippen LogP contribution is 2.32. The Morgan fingerprint density at radius 3 is 1.61 bits per heavy atom. The van der Waals surface area contributed by atoms with E-state index in [4.69, 9.17) is 21.3 Å². The first-order chi connectivity index (χ1) is 22.2. The van der Waals surface area contributed by atoms with Crippen molar-refractivity contribution >= 4 is 47.7 Å². The molecule has 5 nitrogen and oxygen atoms in total. The number of rotatable bonds is 7. The molecule has 7 rings (SSSR count). The van der Waals surface area contributed by atoms with Gasteiger partial charge in [-0.3, -0.25) is 0 Å². The number of fused-ring (bicyclic) bond motifs is 3. The molecule has 0 amide bonds. The Morgan fingerprint density at radius 1 is 0.500 bits per heavy atom. The predicted octanol–water partition coefficient (Wildman–Crippen LogP) is 10.0. The van der Waals surface area contributed by atoms with Gasteiger partial charge in [-0.25, -0.2) is 9.97 Å². The fraction of sp³-hybridized carbons (Fsp3) is 0.150. The monoisotopic (exact) mass is 618 g/mol. The molecule has 0 aliphatic carbocycles. The van der Waals surface area contributed by atoms with Gasteiger partial charge in [-0.1, -0.05) is 99.6 Å². The van der Waals surface area contributed by atoms with Crippen molar-refractivity contribution in [3.8, 4) is 28.4 Å². The minimum Gasteiger partial charge on any atom is -0.577 e. The van der Waals surface area contributed by atoms with Crippen molar-refractivity contribution < 1.29 is 11.4 Å². The van der Waals surface area contributed by atoms with E-state index in [-0.39, 0.29) is 5.41 Å². The topological polar surface area (TPSA) is 53.5 Å². The van der Waals surface area contributed by atoms with Crippen LogP contribution in [0.2, 0.25) is 0 Å². The maximum Gasteiger partial charge on any atom is 1.20 e. The second-order valence-electron chi connectivity index (χ2n) is 12.8. The van der Waals surface area contributed by atoms with Crippen LogP contribution in [0.4, 0.5) is 0 Å². The standard InChI is InChI=1S/C20H20O.2C10H9NO.Al/c1-20(2,3)18-9-6-14(7-10-18)15-4-5-17-13-19(21)11-8-16(17)12-15;2*1-7-5-6-8-3-2-4-9(12)10(8)11-7;/h4-13,21H,1-3H3;2*2-6,12H,1H3;/q;;;+3/p-3. The Kier molecular flexibility index (Phi) is 7.86. The van der Waals surface area contributed by atoms with E-state index in [0.29, 0.717) is 17.2 Å². The van der Waals surface area contributed by atoms with Crippen LogP contribution in [0.3, 0.4) is 0 Å². The van der Waals surface area contributed by atoms with Crippen molar-refractivity contribution in [1.82, 2.24) is 9.97 Å². The molecular weight excluding hydrogens is 583 g/mol. The van der Waals surface area contributed by atoms with Crippen molar-refractivity contribution in [3.05, 3.63) is 138 Å². The summed E-state index contributed by atoms with van der Waals surface area (Å²) in [6.07, 6.45) is 0. The van der Waals surface area contributed by atoms with Crippen molar-refractivity contribution in [2.45, 2.75) is 40.0 Å². The SMILES string of the molecule is Cc1ccc2cccc([O][Al]([O]c3ccc4cc(-c5ccc(C(C)(C)C)cc5)ccc4c3)[O]c3cccc4ccc(C)nc34)c2n1. The smallest absolute Gasteiger partial charge is 0.577 e. The van der Waals surface area contributed by atoms with Crippen LogP contribution < -0.4 is 11.4 Å². The summed E-state index contributed by atoms with van der Waals surface area (Å²) in [4.78, 5) is 9.54. The lowest BCUT2D eigenvalue weighted by molar-refractivity contribution is 0.310. The lowest BCUT2D eigenvalue weighted by Crippen LogP contribution is -2.37. The van der Waals surface area contributed by atoms with Crippen LogP contribution in [-0.2, 0) is 5.41 Å². The average molecular weight is 619 g/mol. The Labute approximate surface area is 274 Å². The summed E-state index contributed by atoms with van der Waals surface area (Å²) < 4.78 is 19.8. The van der Waals surface area contributed by atoms with Gasteiger partial charge in [0.2, 0.25) is 0 Å². The predicted molar refractivity (Wildman–Crippen MR) is 189 cm³/mol. The molecular formula is C40H35AlN2O3. The number of para-hydroxylation sites is 2. The number of aryl methyl sites for hydroxylation is 2. The summed E-state index contributed by atoms with van der Waals surface area (Å²) in [5, 5.41) is 4.19. The summed E-state index contributed by atoms with van der Waals surface area (Å²) in [5.41, 5.74) is 7.21. The van der Waals surface area contributed by atoms with Crippen molar-refractivity contribution in [1.29, 1.82) is 0 Å². The van der Waals surface area contributed by atoms with E-state index in [2.05, 4.69) is 81.4 Å². The average Bonchev–Trinajstić information content (AvgIpc) is 3.05. The zero-order valence-corrected chi connectivity index (χ0v) is 27.9. The Morgan fingerprint density at radius 2 is 1.02 bits per heavy atom. The second-order valence-corrected chi connectivity index (χ2v) is 14.0. The molecule has 2 aromatic heterocycles.